The number of nitrogens with zero attached hydrogens (tertiary/aromatic N) is 3. The van der Waals surface area contributed by atoms with Gasteiger partial charge in [-0.1, -0.05) is 11.3 Å². The largest absolute Gasteiger partial charge is 0.353 e. The van der Waals surface area contributed by atoms with Crippen molar-refractivity contribution in [1.29, 1.82) is 0 Å². The summed E-state index contributed by atoms with van der Waals surface area (Å²) in [5, 5.41) is 12.1. The van der Waals surface area contributed by atoms with Crippen molar-refractivity contribution < 1.29 is 4.79 Å². The lowest BCUT2D eigenvalue weighted by atomic mass is 10.0. The van der Waals surface area contributed by atoms with Gasteiger partial charge in [-0.3, -0.25) is 4.79 Å². The molecule has 2 aliphatic carbocycles. The number of hydrogen-bond acceptors (Lipinski definition) is 5. The fourth-order valence-corrected chi connectivity index (χ4v) is 3.65. The first-order valence-electron chi connectivity index (χ1n) is 6.58. The van der Waals surface area contributed by atoms with Crippen LogP contribution < -0.4 is 10.2 Å². The molecular weight excluding hydrogens is 248 g/mol. The molecule has 4 rings (SSSR count). The summed E-state index contributed by atoms with van der Waals surface area (Å²) in [6, 6.07) is 0.482. The molecule has 1 aromatic heterocycles. The lowest BCUT2D eigenvalue weighted by Crippen LogP contribution is -2.30. The van der Waals surface area contributed by atoms with Gasteiger partial charge in [-0.05, 0) is 25.7 Å². The molecule has 1 amide bonds. The second-order valence-corrected chi connectivity index (χ2v) is 6.61. The van der Waals surface area contributed by atoms with Crippen LogP contribution in [0.1, 0.15) is 25.7 Å². The van der Waals surface area contributed by atoms with E-state index in [0.717, 1.165) is 31.1 Å². The normalized spacial score (nSPS) is 34.0. The van der Waals surface area contributed by atoms with Gasteiger partial charge in [0.2, 0.25) is 11.0 Å². The maximum atomic E-state index is 12.1. The minimum Gasteiger partial charge on any atom is -0.353 e. The fourth-order valence-electron chi connectivity index (χ4n) is 3.06. The molecule has 18 heavy (non-hydrogen) atoms. The van der Waals surface area contributed by atoms with Crippen molar-refractivity contribution in [2.75, 3.05) is 18.0 Å². The zero-order valence-electron chi connectivity index (χ0n) is 10.1. The van der Waals surface area contributed by atoms with Gasteiger partial charge in [-0.2, -0.15) is 0 Å². The Morgan fingerprint density at radius 2 is 2.44 bits per heavy atom. The van der Waals surface area contributed by atoms with Crippen molar-refractivity contribution in [3.05, 3.63) is 5.51 Å². The molecule has 1 spiro atoms. The summed E-state index contributed by atoms with van der Waals surface area (Å²) in [6.07, 6.45) is 4.51. The highest BCUT2D eigenvalue weighted by atomic mass is 32.1. The van der Waals surface area contributed by atoms with E-state index in [9.17, 15) is 4.79 Å². The number of carbonyl (C=O) groups is 1. The molecule has 3 fully saturated rings. The summed E-state index contributed by atoms with van der Waals surface area (Å²) in [4.78, 5) is 14.3. The van der Waals surface area contributed by atoms with E-state index in [2.05, 4.69) is 20.4 Å². The molecule has 2 saturated carbocycles. The molecule has 1 N–H and O–H groups in total. The molecule has 96 valence electrons. The number of nitrogens with one attached hydrogen (secondary N) is 1. The van der Waals surface area contributed by atoms with Crippen molar-refractivity contribution in [2.45, 2.75) is 31.7 Å². The van der Waals surface area contributed by atoms with Crippen LogP contribution in [0.25, 0.3) is 0 Å². The number of rotatable bonds is 3. The third kappa shape index (κ3) is 1.70. The number of anilines is 1. The monoisotopic (exact) mass is 264 g/mol. The summed E-state index contributed by atoms with van der Waals surface area (Å²) < 4.78 is 0. The standard InChI is InChI=1S/C12H16N4OS/c17-10(14-8-1-2-8)9-5-12(9)3-4-16(6-12)11-15-13-7-18-11/h7-9H,1-6H2,(H,14,17)/t9-,12+/m1/s1. The third-order valence-corrected chi connectivity index (χ3v) is 5.18. The van der Waals surface area contributed by atoms with Crippen LogP contribution in [0.4, 0.5) is 5.13 Å². The van der Waals surface area contributed by atoms with Crippen LogP contribution in [0.2, 0.25) is 0 Å². The van der Waals surface area contributed by atoms with E-state index in [-0.39, 0.29) is 17.2 Å². The van der Waals surface area contributed by atoms with Gasteiger partial charge in [0.1, 0.15) is 5.51 Å². The molecule has 0 aromatic carbocycles. The van der Waals surface area contributed by atoms with Crippen LogP contribution in [0.15, 0.2) is 5.51 Å². The van der Waals surface area contributed by atoms with Gasteiger partial charge in [0.15, 0.2) is 0 Å². The first-order chi connectivity index (χ1) is 8.77. The lowest BCUT2D eigenvalue weighted by Gasteiger charge is -2.14. The van der Waals surface area contributed by atoms with Gasteiger partial charge >= 0.3 is 0 Å². The predicted octanol–water partition coefficient (Wildman–Crippen LogP) is 1.03. The van der Waals surface area contributed by atoms with Crippen molar-refractivity contribution in [1.82, 2.24) is 15.5 Å². The first-order valence-corrected chi connectivity index (χ1v) is 7.46. The van der Waals surface area contributed by atoms with Crippen LogP contribution in [0, 0.1) is 11.3 Å². The highest BCUT2D eigenvalue weighted by molar-refractivity contribution is 7.13. The van der Waals surface area contributed by atoms with E-state index in [0.29, 0.717) is 6.04 Å². The summed E-state index contributed by atoms with van der Waals surface area (Å²) in [6.45, 7) is 1.99. The van der Waals surface area contributed by atoms with E-state index in [4.69, 9.17) is 0 Å². The molecule has 5 nitrogen and oxygen atoms in total. The Hall–Kier alpha value is -1.17. The summed E-state index contributed by atoms with van der Waals surface area (Å²) in [7, 11) is 0. The zero-order valence-corrected chi connectivity index (χ0v) is 10.9. The molecule has 6 heteroatoms. The number of hydrogen-bond donors (Lipinski definition) is 1. The Bertz CT molecular complexity index is 472. The zero-order chi connectivity index (χ0) is 12.2. The van der Waals surface area contributed by atoms with Gasteiger partial charge < -0.3 is 10.2 Å². The number of amides is 1. The Kier molecular flexibility index (Phi) is 2.18. The van der Waals surface area contributed by atoms with Crippen LogP contribution in [-0.2, 0) is 4.79 Å². The van der Waals surface area contributed by atoms with E-state index >= 15 is 0 Å². The topological polar surface area (TPSA) is 58.1 Å². The molecule has 3 aliphatic rings. The maximum Gasteiger partial charge on any atom is 0.223 e. The second-order valence-electron chi connectivity index (χ2n) is 5.79. The summed E-state index contributed by atoms with van der Waals surface area (Å²) >= 11 is 1.58. The van der Waals surface area contributed by atoms with E-state index in [1.54, 1.807) is 16.8 Å². The van der Waals surface area contributed by atoms with E-state index in [1.807, 2.05) is 0 Å². The molecule has 2 atom stereocenters. The van der Waals surface area contributed by atoms with Crippen LogP contribution in [-0.4, -0.2) is 35.2 Å². The van der Waals surface area contributed by atoms with Gasteiger partial charge in [0, 0.05) is 30.5 Å². The van der Waals surface area contributed by atoms with Crippen molar-refractivity contribution in [2.24, 2.45) is 11.3 Å². The summed E-state index contributed by atoms with van der Waals surface area (Å²) in [5.74, 6) is 0.535. The quantitative estimate of drug-likeness (QED) is 0.886. The average molecular weight is 264 g/mol. The Labute approximate surface area is 110 Å². The molecule has 0 unspecified atom stereocenters. The fraction of sp³-hybridized carbons (Fsp3) is 0.750. The number of carbonyl (C=O) groups excluding carboxylic acids is 1. The minimum atomic E-state index is 0.241. The predicted molar refractivity (Wildman–Crippen MR) is 68.4 cm³/mol. The van der Waals surface area contributed by atoms with Crippen molar-refractivity contribution in [3.8, 4) is 0 Å². The van der Waals surface area contributed by atoms with Gasteiger partial charge in [0.05, 0.1) is 0 Å². The third-order valence-electron chi connectivity index (χ3n) is 4.43. The molecule has 1 saturated heterocycles. The van der Waals surface area contributed by atoms with Crippen LogP contribution in [0.3, 0.4) is 0 Å². The molecule has 2 heterocycles. The maximum absolute atomic E-state index is 12.1. The van der Waals surface area contributed by atoms with E-state index < -0.39 is 0 Å². The SMILES string of the molecule is O=C(NC1CC1)[C@H]1C[C@]12CCN(c1nncs1)C2. The molecule has 0 bridgehead atoms. The van der Waals surface area contributed by atoms with Gasteiger partial charge in [-0.15, -0.1) is 10.2 Å². The molecule has 1 aliphatic heterocycles. The highest BCUT2D eigenvalue weighted by Crippen LogP contribution is 2.59. The highest BCUT2D eigenvalue weighted by Gasteiger charge is 2.61. The molecule has 1 aromatic rings. The van der Waals surface area contributed by atoms with Gasteiger partial charge in [0.25, 0.3) is 0 Å². The van der Waals surface area contributed by atoms with E-state index in [1.165, 1.54) is 12.8 Å². The van der Waals surface area contributed by atoms with Crippen LogP contribution in [0.5, 0.6) is 0 Å². The first kappa shape index (κ1) is 10.7. The number of aromatic nitrogens is 2. The Morgan fingerprint density at radius 1 is 1.56 bits per heavy atom. The van der Waals surface area contributed by atoms with Crippen molar-refractivity contribution in [3.63, 3.8) is 0 Å². The van der Waals surface area contributed by atoms with Crippen molar-refractivity contribution >= 4 is 22.4 Å². The van der Waals surface area contributed by atoms with Crippen LogP contribution >= 0.6 is 11.3 Å². The Morgan fingerprint density at radius 3 is 3.17 bits per heavy atom. The molecule has 0 radical (unpaired) electrons. The van der Waals surface area contributed by atoms with Gasteiger partial charge in [-0.25, -0.2) is 0 Å². The summed E-state index contributed by atoms with van der Waals surface area (Å²) in [5.41, 5.74) is 2.01. The second kappa shape index (κ2) is 3.66. The lowest BCUT2D eigenvalue weighted by molar-refractivity contribution is -0.123. The molecular formula is C12H16N4OS. The Balaban J connectivity index is 1.40. The average Bonchev–Trinajstić information content (AvgIpc) is 3.15. The smallest absolute Gasteiger partial charge is 0.223 e. The minimum absolute atomic E-state index is 0.241.